The van der Waals surface area contributed by atoms with Crippen LogP contribution in [-0.4, -0.2) is 17.1 Å². The second kappa shape index (κ2) is 5.26. The Bertz CT molecular complexity index is 625. The maximum Gasteiger partial charge on any atom is 0.392 e. The Hall–Kier alpha value is -1.00. The second-order valence-corrected chi connectivity index (χ2v) is 9.35. The first kappa shape index (κ1) is 17.4. The average Bonchev–Trinajstić information content (AvgIpc) is 2.86. The molecule has 140 valence electrons. The second-order valence-electron chi connectivity index (χ2n) is 9.35. The fourth-order valence-corrected chi connectivity index (χ4v) is 7.29. The lowest BCUT2D eigenvalue weighted by molar-refractivity contribution is -0.214. The van der Waals surface area contributed by atoms with Crippen molar-refractivity contribution in [3.05, 3.63) is 11.8 Å². The van der Waals surface area contributed by atoms with Crippen LogP contribution >= 0.6 is 0 Å². The van der Waals surface area contributed by atoms with Crippen molar-refractivity contribution in [2.75, 3.05) is 0 Å². The molecule has 4 rings (SSSR count). The van der Waals surface area contributed by atoms with Gasteiger partial charge in [0.1, 0.15) is 5.76 Å². The lowest BCUT2D eigenvalue weighted by Gasteiger charge is -2.59. The minimum Gasteiger partial charge on any atom is -0.512 e. The van der Waals surface area contributed by atoms with Gasteiger partial charge in [0.2, 0.25) is 0 Å². The molecular weight excluding hydrogens is 329 g/mol. The number of halogens is 3. The quantitative estimate of drug-likeness (QED) is 0.628. The van der Waals surface area contributed by atoms with Gasteiger partial charge in [0.05, 0.1) is 5.92 Å². The molecule has 4 aliphatic carbocycles. The zero-order valence-corrected chi connectivity index (χ0v) is 14.9. The van der Waals surface area contributed by atoms with Crippen LogP contribution in [0.3, 0.4) is 0 Å². The fraction of sp³-hybridized carbons (Fsp3) is 0.850. The molecule has 0 aromatic carbocycles. The topological polar surface area (TPSA) is 37.3 Å². The largest absolute Gasteiger partial charge is 0.512 e. The number of carbonyl (C=O) groups excluding carboxylic acids is 1. The van der Waals surface area contributed by atoms with E-state index >= 15 is 0 Å². The average molecular weight is 356 g/mol. The summed E-state index contributed by atoms with van der Waals surface area (Å²) >= 11 is 0. The summed E-state index contributed by atoms with van der Waals surface area (Å²) in [7, 11) is 0. The van der Waals surface area contributed by atoms with Gasteiger partial charge in [0, 0.05) is 17.9 Å². The molecule has 5 heteroatoms. The smallest absolute Gasteiger partial charge is 0.392 e. The Morgan fingerprint density at radius 2 is 1.80 bits per heavy atom. The molecule has 0 amide bonds. The number of allylic oxidation sites excluding steroid dienone is 2. The van der Waals surface area contributed by atoms with E-state index < -0.39 is 22.9 Å². The molecular formula is C20H27F3O2. The van der Waals surface area contributed by atoms with E-state index in [0.29, 0.717) is 19.3 Å². The van der Waals surface area contributed by atoms with Gasteiger partial charge < -0.3 is 5.11 Å². The molecule has 4 aliphatic rings. The van der Waals surface area contributed by atoms with Crippen molar-refractivity contribution in [2.45, 2.75) is 65.0 Å². The Morgan fingerprint density at radius 1 is 1.08 bits per heavy atom. The van der Waals surface area contributed by atoms with Crippen molar-refractivity contribution in [1.29, 1.82) is 0 Å². The van der Waals surface area contributed by atoms with Gasteiger partial charge in [0.15, 0.2) is 5.78 Å². The summed E-state index contributed by atoms with van der Waals surface area (Å²) < 4.78 is 40.7. The standard InChI is InChI=1S/C20H27F3O2/c1-18-8-7-15-13(14(18)5-6-16(18)20(21,22)23)4-3-11-9-12(24)10-17(25)19(11,15)2/h10-11,13-16,25H,3-9H2,1-2H3/t11-,13-,14-,15-,16+,18-,19-/m0/s1. The van der Waals surface area contributed by atoms with Crippen LogP contribution in [0.25, 0.3) is 0 Å². The highest BCUT2D eigenvalue weighted by Crippen LogP contribution is 2.69. The van der Waals surface area contributed by atoms with Gasteiger partial charge in [-0.25, -0.2) is 0 Å². The molecule has 0 aromatic rings. The highest BCUT2D eigenvalue weighted by molar-refractivity contribution is 5.91. The molecule has 2 nitrogen and oxygen atoms in total. The lowest BCUT2D eigenvalue weighted by atomic mass is 9.45. The van der Waals surface area contributed by atoms with E-state index in [2.05, 4.69) is 0 Å². The van der Waals surface area contributed by atoms with Gasteiger partial charge in [-0.2, -0.15) is 13.2 Å². The van der Waals surface area contributed by atoms with Crippen LogP contribution in [0.2, 0.25) is 0 Å². The number of fused-ring (bicyclic) bond motifs is 5. The number of carbonyl (C=O) groups is 1. The highest BCUT2D eigenvalue weighted by Gasteiger charge is 2.65. The first-order chi connectivity index (χ1) is 11.6. The van der Waals surface area contributed by atoms with Crippen molar-refractivity contribution in [2.24, 2.45) is 40.4 Å². The predicted octanol–water partition coefficient (Wildman–Crippen LogP) is 5.44. The number of hydrogen-bond acceptors (Lipinski definition) is 2. The summed E-state index contributed by atoms with van der Waals surface area (Å²) in [5.41, 5.74) is -1.10. The van der Waals surface area contributed by atoms with E-state index in [0.717, 1.165) is 19.3 Å². The number of rotatable bonds is 0. The molecule has 3 saturated carbocycles. The van der Waals surface area contributed by atoms with Gasteiger partial charge in [-0.1, -0.05) is 13.8 Å². The highest BCUT2D eigenvalue weighted by atomic mass is 19.4. The molecule has 1 N–H and O–H groups in total. The molecule has 0 spiro atoms. The third kappa shape index (κ3) is 2.26. The van der Waals surface area contributed by atoms with Crippen molar-refractivity contribution >= 4 is 5.78 Å². The Balaban J connectivity index is 1.69. The summed E-state index contributed by atoms with van der Waals surface area (Å²) in [6, 6.07) is 0. The molecule has 0 aromatic heterocycles. The Morgan fingerprint density at radius 3 is 2.48 bits per heavy atom. The van der Waals surface area contributed by atoms with Crippen molar-refractivity contribution in [1.82, 2.24) is 0 Å². The molecule has 0 heterocycles. The zero-order chi connectivity index (χ0) is 18.2. The van der Waals surface area contributed by atoms with E-state index in [4.69, 9.17) is 0 Å². The first-order valence-corrected chi connectivity index (χ1v) is 9.59. The van der Waals surface area contributed by atoms with E-state index in [1.807, 2.05) is 13.8 Å². The van der Waals surface area contributed by atoms with Gasteiger partial charge in [0.25, 0.3) is 0 Å². The van der Waals surface area contributed by atoms with E-state index in [-0.39, 0.29) is 41.6 Å². The summed E-state index contributed by atoms with van der Waals surface area (Å²) in [6.07, 6.45) is 1.66. The fourth-order valence-electron chi connectivity index (χ4n) is 7.29. The first-order valence-electron chi connectivity index (χ1n) is 9.59. The Labute approximate surface area is 146 Å². The minimum atomic E-state index is -4.11. The van der Waals surface area contributed by atoms with E-state index in [9.17, 15) is 23.1 Å². The third-order valence-electron chi connectivity index (χ3n) is 8.60. The van der Waals surface area contributed by atoms with E-state index in [1.54, 1.807) is 0 Å². The molecule has 0 aliphatic heterocycles. The van der Waals surface area contributed by atoms with Crippen LogP contribution < -0.4 is 0 Å². The van der Waals surface area contributed by atoms with Crippen molar-refractivity contribution in [3.63, 3.8) is 0 Å². The number of ketones is 1. The van der Waals surface area contributed by atoms with E-state index in [1.165, 1.54) is 6.08 Å². The van der Waals surface area contributed by atoms with Crippen LogP contribution in [0.1, 0.15) is 58.8 Å². The monoisotopic (exact) mass is 356 g/mol. The van der Waals surface area contributed by atoms with Crippen LogP contribution in [0.5, 0.6) is 0 Å². The van der Waals surface area contributed by atoms with Gasteiger partial charge >= 0.3 is 6.18 Å². The number of aliphatic hydroxyl groups is 1. The number of hydrogen-bond donors (Lipinski definition) is 1. The molecule has 0 saturated heterocycles. The molecule has 0 unspecified atom stereocenters. The molecule has 25 heavy (non-hydrogen) atoms. The molecule has 7 atom stereocenters. The number of alkyl halides is 3. The third-order valence-corrected chi connectivity index (χ3v) is 8.60. The molecule has 3 fully saturated rings. The van der Waals surface area contributed by atoms with Crippen molar-refractivity contribution < 1.29 is 23.1 Å². The molecule has 0 bridgehead atoms. The summed E-state index contributed by atoms with van der Waals surface area (Å²) in [4.78, 5) is 11.9. The minimum absolute atomic E-state index is 0.0166. The zero-order valence-electron chi connectivity index (χ0n) is 14.9. The lowest BCUT2D eigenvalue weighted by Crippen LogP contribution is -2.54. The normalized spacial score (nSPS) is 49.9. The Kier molecular flexibility index (Phi) is 3.66. The summed E-state index contributed by atoms with van der Waals surface area (Å²) in [5.74, 6) is -0.378. The van der Waals surface area contributed by atoms with Crippen LogP contribution in [0.15, 0.2) is 11.8 Å². The number of aliphatic hydroxyl groups excluding tert-OH is 1. The van der Waals surface area contributed by atoms with Gasteiger partial charge in [-0.05, 0) is 67.6 Å². The van der Waals surface area contributed by atoms with Gasteiger partial charge in [-0.15, -0.1) is 0 Å². The maximum absolute atomic E-state index is 13.6. The van der Waals surface area contributed by atoms with Crippen LogP contribution in [-0.2, 0) is 4.79 Å². The van der Waals surface area contributed by atoms with Gasteiger partial charge in [-0.3, -0.25) is 4.79 Å². The van der Waals surface area contributed by atoms with Crippen LogP contribution in [0.4, 0.5) is 13.2 Å². The predicted molar refractivity (Wildman–Crippen MR) is 87.8 cm³/mol. The SMILES string of the molecule is C[C@]12CC[C@H]3[C@@H](CC[C@H]4CC(=O)C=C(O)[C@@]43C)[C@@H]1CC[C@H]2C(F)(F)F. The maximum atomic E-state index is 13.6. The molecule has 0 radical (unpaired) electrons. The van der Waals surface area contributed by atoms with Crippen molar-refractivity contribution in [3.8, 4) is 0 Å². The summed E-state index contributed by atoms with van der Waals surface area (Å²) in [5, 5.41) is 10.6. The van der Waals surface area contributed by atoms with Crippen LogP contribution in [0, 0.1) is 40.4 Å². The summed E-state index contributed by atoms with van der Waals surface area (Å²) in [6.45, 7) is 3.90.